The maximum atomic E-state index is 12.6. The SMILES string of the molecule is Cc1ccccc1C(=O)NCC#Cc1cccc(C(F)(F)F)c1. The lowest BCUT2D eigenvalue weighted by atomic mass is 10.1. The zero-order chi connectivity index (χ0) is 16.9. The van der Waals surface area contributed by atoms with Gasteiger partial charge in [0.05, 0.1) is 12.1 Å². The van der Waals surface area contributed by atoms with Crippen molar-refractivity contribution in [2.24, 2.45) is 0 Å². The second-order valence-corrected chi connectivity index (χ2v) is 4.88. The minimum absolute atomic E-state index is 0.0589. The third-order valence-corrected chi connectivity index (χ3v) is 3.15. The fraction of sp³-hybridized carbons (Fsp3) is 0.167. The highest BCUT2D eigenvalue weighted by molar-refractivity contribution is 5.95. The zero-order valence-corrected chi connectivity index (χ0v) is 12.4. The minimum Gasteiger partial charge on any atom is -0.341 e. The summed E-state index contributed by atoms with van der Waals surface area (Å²) in [6.07, 6.45) is -4.39. The number of amides is 1. The standard InChI is InChI=1S/C18H14F3NO/c1-13-6-2-3-10-16(13)17(23)22-11-5-8-14-7-4-9-15(12-14)18(19,20)21/h2-4,6-7,9-10,12H,11H2,1H3,(H,22,23). The second-order valence-electron chi connectivity index (χ2n) is 4.88. The van der Waals surface area contributed by atoms with Crippen molar-refractivity contribution >= 4 is 5.91 Å². The molecule has 0 fully saturated rings. The molecule has 0 unspecified atom stereocenters. The Morgan fingerprint density at radius 1 is 1.13 bits per heavy atom. The van der Waals surface area contributed by atoms with Crippen LogP contribution in [0.3, 0.4) is 0 Å². The number of halogens is 3. The molecule has 2 nitrogen and oxygen atoms in total. The van der Waals surface area contributed by atoms with E-state index in [9.17, 15) is 18.0 Å². The Kier molecular flexibility index (Phi) is 5.07. The lowest BCUT2D eigenvalue weighted by Gasteiger charge is -2.06. The quantitative estimate of drug-likeness (QED) is 0.839. The number of hydrogen-bond acceptors (Lipinski definition) is 1. The van der Waals surface area contributed by atoms with E-state index in [1.165, 1.54) is 12.1 Å². The van der Waals surface area contributed by atoms with Crippen molar-refractivity contribution in [2.75, 3.05) is 6.54 Å². The molecule has 0 radical (unpaired) electrons. The van der Waals surface area contributed by atoms with E-state index in [4.69, 9.17) is 0 Å². The summed E-state index contributed by atoms with van der Waals surface area (Å²) < 4.78 is 37.7. The predicted molar refractivity (Wildman–Crippen MR) is 81.8 cm³/mol. The van der Waals surface area contributed by atoms with E-state index < -0.39 is 11.7 Å². The molecule has 0 saturated carbocycles. The summed E-state index contributed by atoms with van der Waals surface area (Å²) in [5, 5.41) is 2.62. The van der Waals surface area contributed by atoms with Crippen LogP contribution in [0, 0.1) is 18.8 Å². The first-order chi connectivity index (χ1) is 10.9. The van der Waals surface area contributed by atoms with Crippen molar-refractivity contribution in [3.8, 4) is 11.8 Å². The monoisotopic (exact) mass is 317 g/mol. The van der Waals surface area contributed by atoms with E-state index in [1.807, 2.05) is 19.1 Å². The average Bonchev–Trinajstić information content (AvgIpc) is 2.51. The van der Waals surface area contributed by atoms with Gasteiger partial charge >= 0.3 is 6.18 Å². The Balaban J connectivity index is 1.99. The maximum absolute atomic E-state index is 12.6. The van der Waals surface area contributed by atoms with Gasteiger partial charge in [-0.3, -0.25) is 4.79 Å². The van der Waals surface area contributed by atoms with Crippen molar-refractivity contribution in [3.63, 3.8) is 0 Å². The first-order valence-corrected chi connectivity index (χ1v) is 6.88. The Hall–Kier alpha value is -2.74. The molecule has 2 rings (SSSR count). The molecule has 0 atom stereocenters. The predicted octanol–water partition coefficient (Wildman–Crippen LogP) is 3.80. The first-order valence-electron chi connectivity index (χ1n) is 6.88. The number of benzene rings is 2. The van der Waals surface area contributed by atoms with Gasteiger partial charge in [0.25, 0.3) is 5.91 Å². The Morgan fingerprint density at radius 2 is 1.87 bits per heavy atom. The Morgan fingerprint density at radius 3 is 2.57 bits per heavy atom. The summed E-state index contributed by atoms with van der Waals surface area (Å²) >= 11 is 0. The van der Waals surface area contributed by atoms with E-state index in [-0.39, 0.29) is 18.0 Å². The second kappa shape index (κ2) is 7.01. The molecule has 23 heavy (non-hydrogen) atoms. The van der Waals surface area contributed by atoms with Crippen LogP contribution >= 0.6 is 0 Å². The molecule has 2 aromatic carbocycles. The lowest BCUT2D eigenvalue weighted by Crippen LogP contribution is -2.24. The topological polar surface area (TPSA) is 29.1 Å². The highest BCUT2D eigenvalue weighted by Gasteiger charge is 2.30. The third kappa shape index (κ3) is 4.62. The molecule has 0 heterocycles. The van der Waals surface area contributed by atoms with E-state index in [1.54, 1.807) is 12.1 Å². The molecule has 0 aliphatic heterocycles. The molecule has 0 saturated heterocycles. The van der Waals surface area contributed by atoms with Gasteiger partial charge in [0.1, 0.15) is 0 Å². The Bertz CT molecular complexity index is 770. The lowest BCUT2D eigenvalue weighted by molar-refractivity contribution is -0.137. The normalized spacial score (nSPS) is 10.6. The van der Waals surface area contributed by atoms with Gasteiger partial charge in [0, 0.05) is 11.1 Å². The molecule has 0 bridgehead atoms. The highest BCUT2D eigenvalue weighted by Crippen LogP contribution is 2.29. The largest absolute Gasteiger partial charge is 0.416 e. The highest BCUT2D eigenvalue weighted by atomic mass is 19.4. The van der Waals surface area contributed by atoms with Crippen LogP contribution in [0.2, 0.25) is 0 Å². The van der Waals surface area contributed by atoms with Crippen LogP contribution < -0.4 is 5.32 Å². The fourth-order valence-electron chi connectivity index (χ4n) is 1.97. The van der Waals surface area contributed by atoms with Gasteiger partial charge in [-0.2, -0.15) is 13.2 Å². The zero-order valence-electron chi connectivity index (χ0n) is 12.4. The van der Waals surface area contributed by atoms with Gasteiger partial charge in [-0.1, -0.05) is 36.1 Å². The maximum Gasteiger partial charge on any atom is 0.416 e. The molecule has 1 amide bonds. The fourth-order valence-corrected chi connectivity index (χ4v) is 1.97. The van der Waals surface area contributed by atoms with Crippen molar-refractivity contribution in [3.05, 3.63) is 70.8 Å². The molecule has 1 N–H and O–H groups in total. The first kappa shape index (κ1) is 16.6. The number of rotatable bonds is 2. The van der Waals surface area contributed by atoms with E-state index in [0.717, 1.165) is 17.7 Å². The molecule has 0 spiro atoms. The number of hydrogen-bond donors (Lipinski definition) is 1. The summed E-state index contributed by atoms with van der Waals surface area (Å²) in [6.45, 7) is 1.88. The molecule has 2 aromatic rings. The van der Waals surface area contributed by atoms with Crippen LogP contribution in [0.1, 0.15) is 27.0 Å². The van der Waals surface area contributed by atoms with Gasteiger partial charge in [0.15, 0.2) is 0 Å². The number of aryl methyl sites for hydroxylation is 1. The molecule has 0 aromatic heterocycles. The van der Waals surface area contributed by atoms with Gasteiger partial charge in [-0.05, 0) is 36.8 Å². The number of alkyl halides is 3. The van der Waals surface area contributed by atoms with Crippen molar-refractivity contribution in [1.82, 2.24) is 5.32 Å². The minimum atomic E-state index is -4.39. The van der Waals surface area contributed by atoms with Crippen molar-refractivity contribution in [2.45, 2.75) is 13.1 Å². The molecular weight excluding hydrogens is 303 g/mol. The van der Waals surface area contributed by atoms with Crippen LogP contribution in [0.15, 0.2) is 48.5 Å². The summed E-state index contributed by atoms with van der Waals surface area (Å²) in [5.41, 5.74) is 0.905. The molecule has 5 heteroatoms. The van der Waals surface area contributed by atoms with Gasteiger partial charge in [-0.25, -0.2) is 0 Å². The van der Waals surface area contributed by atoms with Gasteiger partial charge in [-0.15, -0.1) is 0 Å². The summed E-state index contributed by atoms with van der Waals surface area (Å²) in [6, 6.07) is 11.9. The van der Waals surface area contributed by atoms with Crippen molar-refractivity contribution < 1.29 is 18.0 Å². The van der Waals surface area contributed by atoms with E-state index >= 15 is 0 Å². The van der Waals surface area contributed by atoms with E-state index in [2.05, 4.69) is 17.2 Å². The van der Waals surface area contributed by atoms with Gasteiger partial charge in [0.2, 0.25) is 0 Å². The number of carbonyl (C=O) groups excluding carboxylic acids is 1. The van der Waals surface area contributed by atoms with Crippen LogP contribution in [0.5, 0.6) is 0 Å². The number of nitrogens with one attached hydrogen (secondary N) is 1. The van der Waals surface area contributed by atoms with E-state index in [0.29, 0.717) is 5.56 Å². The van der Waals surface area contributed by atoms with Crippen LogP contribution in [0.25, 0.3) is 0 Å². The van der Waals surface area contributed by atoms with Crippen LogP contribution in [-0.4, -0.2) is 12.5 Å². The number of carbonyl (C=O) groups is 1. The van der Waals surface area contributed by atoms with Crippen LogP contribution in [-0.2, 0) is 6.18 Å². The molecule has 118 valence electrons. The van der Waals surface area contributed by atoms with Crippen molar-refractivity contribution in [1.29, 1.82) is 0 Å². The summed E-state index contributed by atoms with van der Waals surface area (Å²) in [7, 11) is 0. The molecule has 0 aliphatic carbocycles. The molecular formula is C18H14F3NO. The third-order valence-electron chi connectivity index (χ3n) is 3.15. The average molecular weight is 317 g/mol. The Labute approximate surface area is 132 Å². The smallest absolute Gasteiger partial charge is 0.341 e. The van der Waals surface area contributed by atoms with Crippen LogP contribution in [0.4, 0.5) is 13.2 Å². The van der Waals surface area contributed by atoms with Gasteiger partial charge < -0.3 is 5.32 Å². The summed E-state index contributed by atoms with van der Waals surface area (Å²) in [4.78, 5) is 11.9. The molecule has 0 aliphatic rings. The summed E-state index contributed by atoms with van der Waals surface area (Å²) in [5.74, 6) is 5.00.